The first-order chi connectivity index (χ1) is 9.38. The topological polar surface area (TPSA) is 63.6 Å². The normalized spacial score (nSPS) is 11.4. The summed E-state index contributed by atoms with van der Waals surface area (Å²) < 4.78 is 38.0. The van der Waals surface area contributed by atoms with Gasteiger partial charge in [-0.25, -0.2) is 19.9 Å². The summed E-state index contributed by atoms with van der Waals surface area (Å²) in [7, 11) is 1.49. The van der Waals surface area contributed by atoms with Gasteiger partial charge in [0.2, 0.25) is 5.82 Å². The minimum Gasteiger partial charge on any atom is -0.373 e. The molecule has 0 saturated heterocycles. The molecular formula is C11H10F3N5S. The van der Waals surface area contributed by atoms with Crippen LogP contribution in [0.25, 0.3) is 0 Å². The Bertz CT molecular complexity index is 600. The van der Waals surface area contributed by atoms with E-state index >= 15 is 0 Å². The van der Waals surface area contributed by atoms with Crippen molar-refractivity contribution in [1.29, 1.82) is 0 Å². The Morgan fingerprint density at radius 2 is 1.80 bits per heavy atom. The molecule has 0 unspecified atom stereocenters. The number of nitrogens with one attached hydrogen (secondary N) is 1. The second-order valence-electron chi connectivity index (χ2n) is 3.81. The molecule has 2 rings (SSSR count). The first-order valence-corrected chi connectivity index (χ1v) is 6.30. The second-order valence-corrected chi connectivity index (χ2v) is 4.80. The number of rotatable bonds is 3. The third-order valence-corrected chi connectivity index (χ3v) is 2.98. The maximum absolute atomic E-state index is 12.7. The van der Waals surface area contributed by atoms with Gasteiger partial charge >= 0.3 is 6.18 Å². The van der Waals surface area contributed by atoms with Gasteiger partial charge in [-0.3, -0.25) is 0 Å². The molecular weight excluding hydrogens is 291 g/mol. The Morgan fingerprint density at radius 3 is 2.35 bits per heavy atom. The average molecular weight is 301 g/mol. The smallest absolute Gasteiger partial charge is 0.373 e. The van der Waals surface area contributed by atoms with Crippen LogP contribution in [-0.4, -0.2) is 27.0 Å². The maximum Gasteiger partial charge on any atom is 0.451 e. The van der Waals surface area contributed by atoms with E-state index in [4.69, 9.17) is 0 Å². The molecule has 0 aliphatic rings. The number of hydrogen-bond acceptors (Lipinski definition) is 6. The number of nitrogens with zero attached hydrogens (tertiary/aromatic N) is 4. The highest BCUT2D eigenvalue weighted by Gasteiger charge is 2.35. The molecule has 0 amide bonds. The summed E-state index contributed by atoms with van der Waals surface area (Å²) in [4.78, 5) is 14.9. The molecule has 20 heavy (non-hydrogen) atoms. The van der Waals surface area contributed by atoms with Gasteiger partial charge in [0.1, 0.15) is 10.8 Å². The monoisotopic (exact) mass is 301 g/mol. The van der Waals surface area contributed by atoms with Gasteiger partial charge in [-0.15, -0.1) is 0 Å². The van der Waals surface area contributed by atoms with Crippen molar-refractivity contribution in [2.45, 2.75) is 23.3 Å². The van der Waals surface area contributed by atoms with Crippen LogP contribution >= 0.6 is 11.8 Å². The number of anilines is 1. The number of halogens is 3. The van der Waals surface area contributed by atoms with Gasteiger partial charge in [0.05, 0.1) is 0 Å². The molecule has 106 valence electrons. The minimum atomic E-state index is -4.60. The van der Waals surface area contributed by atoms with Gasteiger partial charge in [-0.1, -0.05) is 0 Å². The standard InChI is InChI=1S/C11H10F3N5S/c1-6-4-16-10(17-5-6)20-8-3-7(15-2)18-9(19-8)11(12,13)14/h3-5H,1-2H3,(H,15,18,19). The van der Waals surface area contributed by atoms with Crippen LogP contribution in [0.1, 0.15) is 11.4 Å². The SMILES string of the molecule is CNc1cc(Sc2ncc(C)cn2)nc(C(F)(F)F)n1. The van der Waals surface area contributed by atoms with Crippen LogP contribution in [0.5, 0.6) is 0 Å². The lowest BCUT2D eigenvalue weighted by Gasteiger charge is -2.09. The summed E-state index contributed by atoms with van der Waals surface area (Å²) in [5.41, 5.74) is 0.865. The zero-order chi connectivity index (χ0) is 14.8. The third-order valence-electron chi connectivity index (χ3n) is 2.17. The van der Waals surface area contributed by atoms with Crippen molar-refractivity contribution in [3.05, 3.63) is 29.8 Å². The summed E-state index contributed by atoms with van der Waals surface area (Å²) in [5.74, 6) is -1.11. The maximum atomic E-state index is 12.7. The van der Waals surface area contributed by atoms with Gasteiger partial charge in [0.25, 0.3) is 0 Å². The molecule has 0 aromatic carbocycles. The van der Waals surface area contributed by atoms with Crippen molar-refractivity contribution in [3.8, 4) is 0 Å². The van der Waals surface area contributed by atoms with E-state index in [2.05, 4.69) is 25.3 Å². The molecule has 2 aromatic heterocycles. The van der Waals surface area contributed by atoms with Gasteiger partial charge < -0.3 is 5.32 Å². The molecule has 5 nitrogen and oxygen atoms in total. The van der Waals surface area contributed by atoms with Gasteiger partial charge in [0, 0.05) is 25.5 Å². The lowest BCUT2D eigenvalue weighted by atomic mass is 10.4. The Labute approximate surface area is 117 Å². The number of hydrogen-bond donors (Lipinski definition) is 1. The highest BCUT2D eigenvalue weighted by atomic mass is 32.2. The largest absolute Gasteiger partial charge is 0.451 e. The second kappa shape index (κ2) is 5.61. The predicted octanol–water partition coefficient (Wildman–Crippen LogP) is 2.79. The van der Waals surface area contributed by atoms with Crippen LogP contribution in [0.3, 0.4) is 0 Å². The molecule has 2 heterocycles. The van der Waals surface area contributed by atoms with E-state index in [1.807, 2.05) is 6.92 Å². The Hall–Kier alpha value is -1.90. The average Bonchev–Trinajstić information content (AvgIpc) is 2.40. The fraction of sp³-hybridized carbons (Fsp3) is 0.273. The summed E-state index contributed by atoms with van der Waals surface area (Å²) >= 11 is 0.943. The molecule has 0 spiro atoms. The number of aromatic nitrogens is 4. The Kier molecular flexibility index (Phi) is 4.07. The molecule has 0 atom stereocenters. The molecule has 1 N–H and O–H groups in total. The van der Waals surface area contributed by atoms with Crippen LogP contribution < -0.4 is 5.32 Å². The molecule has 9 heteroatoms. The van der Waals surface area contributed by atoms with Crippen LogP contribution in [0.15, 0.2) is 28.6 Å². The zero-order valence-electron chi connectivity index (χ0n) is 10.6. The van der Waals surface area contributed by atoms with E-state index in [1.54, 1.807) is 12.4 Å². The fourth-order valence-electron chi connectivity index (χ4n) is 1.26. The van der Waals surface area contributed by atoms with Crippen LogP contribution in [-0.2, 0) is 6.18 Å². The van der Waals surface area contributed by atoms with E-state index in [9.17, 15) is 13.2 Å². The summed E-state index contributed by atoms with van der Waals surface area (Å²) in [6, 6.07) is 1.41. The first kappa shape index (κ1) is 14.5. The predicted molar refractivity (Wildman–Crippen MR) is 67.5 cm³/mol. The van der Waals surface area contributed by atoms with Gasteiger partial charge in [-0.2, -0.15) is 13.2 Å². The summed E-state index contributed by atoms with van der Waals surface area (Å²) in [5, 5.41) is 3.02. The Morgan fingerprint density at radius 1 is 1.15 bits per heavy atom. The molecule has 0 saturated carbocycles. The number of aryl methyl sites for hydroxylation is 1. The van der Waals surface area contributed by atoms with Crippen LogP contribution in [0.4, 0.5) is 19.0 Å². The molecule has 0 fully saturated rings. The first-order valence-electron chi connectivity index (χ1n) is 5.49. The van der Waals surface area contributed by atoms with Crippen LogP contribution in [0.2, 0.25) is 0 Å². The quantitative estimate of drug-likeness (QED) is 0.695. The van der Waals surface area contributed by atoms with Crippen molar-refractivity contribution in [2.75, 3.05) is 12.4 Å². The fourth-order valence-corrected chi connectivity index (χ4v) is 1.96. The van der Waals surface area contributed by atoms with E-state index in [1.165, 1.54) is 13.1 Å². The van der Waals surface area contributed by atoms with Crippen LogP contribution in [0, 0.1) is 6.92 Å². The van der Waals surface area contributed by atoms with Crippen molar-refractivity contribution in [2.24, 2.45) is 0 Å². The van der Waals surface area contributed by atoms with Crippen molar-refractivity contribution in [1.82, 2.24) is 19.9 Å². The molecule has 2 aromatic rings. The van der Waals surface area contributed by atoms with E-state index in [0.717, 1.165) is 17.3 Å². The highest BCUT2D eigenvalue weighted by molar-refractivity contribution is 7.99. The lowest BCUT2D eigenvalue weighted by Crippen LogP contribution is -2.12. The zero-order valence-corrected chi connectivity index (χ0v) is 11.4. The summed E-state index contributed by atoms with van der Waals surface area (Å²) in [6.45, 7) is 1.82. The van der Waals surface area contributed by atoms with Gasteiger partial charge in [0.15, 0.2) is 5.16 Å². The molecule has 0 aliphatic carbocycles. The van der Waals surface area contributed by atoms with Crippen molar-refractivity contribution in [3.63, 3.8) is 0 Å². The van der Waals surface area contributed by atoms with Crippen molar-refractivity contribution >= 4 is 17.6 Å². The third kappa shape index (κ3) is 3.56. The van der Waals surface area contributed by atoms with E-state index < -0.39 is 12.0 Å². The van der Waals surface area contributed by atoms with E-state index in [0.29, 0.717) is 5.16 Å². The van der Waals surface area contributed by atoms with Gasteiger partial charge in [-0.05, 0) is 24.2 Å². The Balaban J connectivity index is 2.33. The highest BCUT2D eigenvalue weighted by Crippen LogP contribution is 2.31. The molecule has 0 aliphatic heterocycles. The van der Waals surface area contributed by atoms with E-state index in [-0.39, 0.29) is 10.8 Å². The van der Waals surface area contributed by atoms with Crippen molar-refractivity contribution < 1.29 is 13.2 Å². The minimum absolute atomic E-state index is 0.0851. The lowest BCUT2D eigenvalue weighted by molar-refractivity contribution is -0.145. The number of alkyl halides is 3. The molecule has 0 bridgehead atoms. The summed E-state index contributed by atoms with van der Waals surface area (Å²) in [6.07, 6.45) is -1.43. The molecule has 0 radical (unpaired) electrons.